The van der Waals surface area contributed by atoms with E-state index in [0.717, 1.165) is 0 Å². The molecule has 1 aromatic carbocycles. The molecule has 104 valence electrons. The number of halogens is 2. The first-order valence-corrected chi connectivity index (χ1v) is 6.25. The third-order valence-electron chi connectivity index (χ3n) is 2.59. The molecule has 0 bridgehead atoms. The molecule has 0 unspecified atom stereocenters. The van der Waals surface area contributed by atoms with Gasteiger partial charge in [-0.05, 0) is 24.6 Å². The van der Waals surface area contributed by atoms with Gasteiger partial charge in [0.15, 0.2) is 11.6 Å². The van der Waals surface area contributed by atoms with Crippen LogP contribution >= 0.6 is 11.6 Å². The maximum atomic E-state index is 13.7. The van der Waals surface area contributed by atoms with Gasteiger partial charge in [-0.15, -0.1) is 0 Å². The van der Waals surface area contributed by atoms with Crippen LogP contribution in [0.5, 0.6) is 11.6 Å². The lowest BCUT2D eigenvalue weighted by atomic mass is 10.2. The maximum Gasteiger partial charge on any atom is 0.335 e. The van der Waals surface area contributed by atoms with E-state index in [4.69, 9.17) is 21.4 Å². The molecular formula is C14H11ClFNO3. The number of hydrogen-bond acceptors (Lipinski definition) is 3. The van der Waals surface area contributed by atoms with E-state index in [-0.39, 0.29) is 22.2 Å². The second-order valence-electron chi connectivity index (χ2n) is 4.00. The van der Waals surface area contributed by atoms with E-state index in [1.807, 2.05) is 6.92 Å². The van der Waals surface area contributed by atoms with Gasteiger partial charge in [0.2, 0.25) is 5.88 Å². The van der Waals surface area contributed by atoms with Crippen molar-refractivity contribution in [2.75, 3.05) is 0 Å². The number of pyridine rings is 1. The van der Waals surface area contributed by atoms with Crippen LogP contribution in [0.2, 0.25) is 5.02 Å². The minimum atomic E-state index is -1.10. The van der Waals surface area contributed by atoms with Gasteiger partial charge in [0.1, 0.15) is 0 Å². The quantitative estimate of drug-likeness (QED) is 0.928. The zero-order valence-corrected chi connectivity index (χ0v) is 11.3. The van der Waals surface area contributed by atoms with Gasteiger partial charge >= 0.3 is 5.97 Å². The van der Waals surface area contributed by atoms with Crippen LogP contribution in [-0.2, 0) is 6.42 Å². The summed E-state index contributed by atoms with van der Waals surface area (Å²) in [5, 5.41) is 8.94. The molecule has 2 aromatic rings. The number of carbonyl (C=O) groups is 1. The maximum absolute atomic E-state index is 13.7. The monoisotopic (exact) mass is 295 g/mol. The van der Waals surface area contributed by atoms with Crippen LogP contribution < -0.4 is 4.74 Å². The summed E-state index contributed by atoms with van der Waals surface area (Å²) in [6.07, 6.45) is 0.537. The first-order chi connectivity index (χ1) is 9.51. The number of rotatable bonds is 4. The Kier molecular flexibility index (Phi) is 4.20. The van der Waals surface area contributed by atoms with Crippen molar-refractivity contribution < 1.29 is 19.0 Å². The number of benzene rings is 1. The number of hydrogen-bond donors (Lipinski definition) is 1. The lowest BCUT2D eigenvalue weighted by Gasteiger charge is -2.09. The SMILES string of the molecule is CCc1cc(C(=O)O)cc(Oc2cccc(Cl)c2F)n1. The molecule has 2 rings (SSSR count). The predicted molar refractivity (Wildman–Crippen MR) is 72.1 cm³/mol. The van der Waals surface area contributed by atoms with Crippen molar-refractivity contribution in [2.45, 2.75) is 13.3 Å². The number of ether oxygens (including phenoxy) is 1. The molecule has 0 amide bonds. The summed E-state index contributed by atoms with van der Waals surface area (Å²) in [4.78, 5) is 15.1. The van der Waals surface area contributed by atoms with Crippen molar-refractivity contribution in [3.8, 4) is 11.6 Å². The average Bonchev–Trinajstić information content (AvgIpc) is 2.43. The van der Waals surface area contributed by atoms with Gasteiger partial charge in [0, 0.05) is 11.8 Å². The fourth-order valence-corrected chi connectivity index (χ4v) is 1.76. The topological polar surface area (TPSA) is 59.4 Å². The van der Waals surface area contributed by atoms with E-state index in [1.54, 1.807) is 0 Å². The van der Waals surface area contributed by atoms with Crippen molar-refractivity contribution in [2.24, 2.45) is 0 Å². The largest absolute Gasteiger partial charge is 0.478 e. The summed E-state index contributed by atoms with van der Waals surface area (Å²) in [5.41, 5.74) is 0.580. The summed E-state index contributed by atoms with van der Waals surface area (Å²) in [7, 11) is 0. The van der Waals surface area contributed by atoms with Crippen molar-refractivity contribution in [1.29, 1.82) is 0 Å². The molecule has 0 saturated carbocycles. The van der Waals surface area contributed by atoms with Gasteiger partial charge < -0.3 is 9.84 Å². The van der Waals surface area contributed by atoms with E-state index in [9.17, 15) is 9.18 Å². The van der Waals surface area contributed by atoms with Crippen LogP contribution in [0.25, 0.3) is 0 Å². The number of aryl methyl sites for hydroxylation is 1. The Morgan fingerprint density at radius 1 is 1.45 bits per heavy atom. The number of aromatic nitrogens is 1. The van der Waals surface area contributed by atoms with E-state index in [1.165, 1.54) is 30.3 Å². The zero-order valence-electron chi connectivity index (χ0n) is 10.6. The molecule has 1 aromatic heterocycles. The number of carboxylic acids is 1. The summed E-state index contributed by atoms with van der Waals surface area (Å²) in [6, 6.07) is 7.00. The Hall–Kier alpha value is -2.14. The summed E-state index contributed by atoms with van der Waals surface area (Å²) in [5.74, 6) is -1.90. The van der Waals surface area contributed by atoms with E-state index in [0.29, 0.717) is 12.1 Å². The molecule has 0 fully saturated rings. The molecule has 0 spiro atoms. The van der Waals surface area contributed by atoms with Gasteiger partial charge in [-0.25, -0.2) is 14.2 Å². The summed E-state index contributed by atoms with van der Waals surface area (Å²) >= 11 is 5.65. The Morgan fingerprint density at radius 2 is 2.20 bits per heavy atom. The van der Waals surface area contributed by atoms with Crippen molar-refractivity contribution in [3.63, 3.8) is 0 Å². The molecule has 20 heavy (non-hydrogen) atoms. The molecule has 0 aliphatic heterocycles. The molecule has 6 heteroatoms. The fraction of sp³-hybridized carbons (Fsp3) is 0.143. The smallest absolute Gasteiger partial charge is 0.335 e. The van der Waals surface area contributed by atoms with Crippen LogP contribution in [0.4, 0.5) is 4.39 Å². The lowest BCUT2D eigenvalue weighted by molar-refractivity contribution is 0.0696. The third-order valence-corrected chi connectivity index (χ3v) is 2.89. The Morgan fingerprint density at radius 3 is 2.85 bits per heavy atom. The summed E-state index contributed by atoms with van der Waals surface area (Å²) < 4.78 is 19.0. The molecule has 0 aliphatic rings. The van der Waals surface area contributed by atoms with Gasteiger partial charge in [-0.2, -0.15) is 0 Å². The highest BCUT2D eigenvalue weighted by molar-refractivity contribution is 6.30. The fourth-order valence-electron chi connectivity index (χ4n) is 1.59. The second-order valence-corrected chi connectivity index (χ2v) is 4.41. The lowest BCUT2D eigenvalue weighted by Crippen LogP contribution is -2.02. The van der Waals surface area contributed by atoms with Crippen molar-refractivity contribution in [1.82, 2.24) is 4.98 Å². The zero-order chi connectivity index (χ0) is 14.7. The molecule has 1 heterocycles. The highest BCUT2D eigenvalue weighted by Crippen LogP contribution is 2.28. The number of nitrogens with zero attached hydrogens (tertiary/aromatic N) is 1. The highest BCUT2D eigenvalue weighted by atomic mass is 35.5. The second kappa shape index (κ2) is 5.88. The Balaban J connectivity index is 2.40. The molecule has 0 radical (unpaired) electrons. The molecule has 0 atom stereocenters. The van der Waals surface area contributed by atoms with Crippen LogP contribution in [-0.4, -0.2) is 16.1 Å². The molecular weight excluding hydrogens is 285 g/mol. The van der Waals surface area contributed by atoms with E-state index < -0.39 is 11.8 Å². The predicted octanol–water partition coefficient (Wildman–Crippen LogP) is 3.93. The van der Waals surface area contributed by atoms with Crippen LogP contribution in [0.15, 0.2) is 30.3 Å². The summed E-state index contributed by atoms with van der Waals surface area (Å²) in [6.45, 7) is 1.83. The average molecular weight is 296 g/mol. The molecule has 0 aliphatic carbocycles. The highest BCUT2D eigenvalue weighted by Gasteiger charge is 2.12. The van der Waals surface area contributed by atoms with E-state index in [2.05, 4.69) is 4.98 Å². The molecule has 4 nitrogen and oxygen atoms in total. The van der Waals surface area contributed by atoms with Crippen molar-refractivity contribution in [3.05, 3.63) is 52.4 Å². The van der Waals surface area contributed by atoms with Crippen LogP contribution in [0.3, 0.4) is 0 Å². The third kappa shape index (κ3) is 3.05. The van der Waals surface area contributed by atoms with Gasteiger partial charge in [0.05, 0.1) is 10.6 Å². The number of aromatic carboxylic acids is 1. The standard InChI is InChI=1S/C14H11ClFNO3/c1-2-9-6-8(14(18)19)7-12(17-9)20-11-5-3-4-10(15)13(11)16/h3-7H,2H2,1H3,(H,18,19). The Labute approximate surface area is 119 Å². The first kappa shape index (κ1) is 14.3. The van der Waals surface area contributed by atoms with Gasteiger partial charge in [0.25, 0.3) is 0 Å². The molecule has 0 saturated heterocycles. The van der Waals surface area contributed by atoms with E-state index >= 15 is 0 Å². The van der Waals surface area contributed by atoms with Crippen LogP contribution in [0, 0.1) is 5.82 Å². The first-order valence-electron chi connectivity index (χ1n) is 5.87. The minimum Gasteiger partial charge on any atom is -0.478 e. The minimum absolute atomic E-state index is 0.0166. The van der Waals surface area contributed by atoms with Crippen LogP contribution in [0.1, 0.15) is 23.0 Å². The Bertz CT molecular complexity index is 661. The van der Waals surface area contributed by atoms with Crippen molar-refractivity contribution >= 4 is 17.6 Å². The van der Waals surface area contributed by atoms with Gasteiger partial charge in [-0.3, -0.25) is 0 Å². The molecule has 1 N–H and O–H groups in total. The number of carboxylic acid groups (broad SMARTS) is 1. The van der Waals surface area contributed by atoms with Gasteiger partial charge in [-0.1, -0.05) is 24.6 Å². The normalized spacial score (nSPS) is 10.3.